The van der Waals surface area contributed by atoms with Gasteiger partial charge in [-0.05, 0) is 44.5 Å². The maximum atomic E-state index is 4.82. The van der Waals surface area contributed by atoms with Gasteiger partial charge in [-0.1, -0.05) is 0 Å². The first-order valence-corrected chi connectivity index (χ1v) is 10.6. The van der Waals surface area contributed by atoms with Crippen molar-refractivity contribution in [3.63, 3.8) is 0 Å². The average molecular weight is 400 g/mol. The molecule has 0 N–H and O–H groups in total. The van der Waals surface area contributed by atoms with Crippen LogP contribution in [-0.2, 0) is 6.54 Å². The third kappa shape index (κ3) is 3.30. The molecular formula is C18H25N9S. The lowest BCUT2D eigenvalue weighted by molar-refractivity contribution is 0.197. The van der Waals surface area contributed by atoms with E-state index in [0.29, 0.717) is 5.92 Å². The summed E-state index contributed by atoms with van der Waals surface area (Å²) in [6.07, 6.45) is 3.36. The van der Waals surface area contributed by atoms with Crippen LogP contribution in [0.4, 0.5) is 10.9 Å². The van der Waals surface area contributed by atoms with Gasteiger partial charge in [0.2, 0.25) is 5.13 Å². The van der Waals surface area contributed by atoms with E-state index in [-0.39, 0.29) is 0 Å². The average Bonchev–Trinajstić information content (AvgIpc) is 3.28. The normalized spacial score (nSPS) is 18.6. The lowest BCUT2D eigenvalue weighted by Crippen LogP contribution is -2.38. The first-order valence-electron chi connectivity index (χ1n) is 9.87. The Labute approximate surface area is 168 Å². The Morgan fingerprint density at radius 1 is 1.11 bits per heavy atom. The number of hydrogen-bond donors (Lipinski definition) is 0. The maximum Gasteiger partial charge on any atom is 0.204 e. The highest BCUT2D eigenvalue weighted by Gasteiger charge is 2.26. The van der Waals surface area contributed by atoms with Crippen LogP contribution < -0.4 is 9.80 Å². The van der Waals surface area contributed by atoms with Crippen molar-refractivity contribution in [3.05, 3.63) is 23.8 Å². The molecule has 0 spiro atoms. The Bertz CT molecular complexity index is 953. The second-order valence-electron chi connectivity index (χ2n) is 7.80. The minimum Gasteiger partial charge on any atom is -0.355 e. The molecule has 5 heterocycles. The molecule has 28 heavy (non-hydrogen) atoms. The van der Waals surface area contributed by atoms with Gasteiger partial charge in [-0.3, -0.25) is 4.90 Å². The molecule has 9 nitrogen and oxygen atoms in total. The van der Waals surface area contributed by atoms with Crippen molar-refractivity contribution in [1.82, 2.24) is 34.1 Å². The number of rotatable bonds is 5. The third-order valence-electron chi connectivity index (χ3n) is 5.61. The molecule has 3 aromatic heterocycles. The summed E-state index contributed by atoms with van der Waals surface area (Å²) in [5.74, 6) is 3.34. The summed E-state index contributed by atoms with van der Waals surface area (Å²) in [6.45, 7) is 5.03. The molecule has 0 bridgehead atoms. The van der Waals surface area contributed by atoms with Gasteiger partial charge in [0, 0.05) is 44.6 Å². The van der Waals surface area contributed by atoms with Crippen molar-refractivity contribution in [1.29, 1.82) is 0 Å². The van der Waals surface area contributed by atoms with E-state index in [2.05, 4.69) is 35.4 Å². The molecular weight excluding hydrogens is 374 g/mol. The molecule has 0 unspecified atom stereocenters. The maximum absolute atomic E-state index is 4.82. The Hall–Kier alpha value is -2.33. The zero-order chi connectivity index (χ0) is 19.1. The molecule has 0 saturated carbocycles. The summed E-state index contributed by atoms with van der Waals surface area (Å²) < 4.78 is 6.44. The van der Waals surface area contributed by atoms with Crippen molar-refractivity contribution >= 4 is 28.1 Å². The molecule has 0 amide bonds. The van der Waals surface area contributed by atoms with E-state index >= 15 is 0 Å². The molecule has 3 aromatic rings. The van der Waals surface area contributed by atoms with Gasteiger partial charge in [0.05, 0.1) is 6.54 Å². The SMILES string of the molecule is CN(C)c1nc(CN2CCC(c3nnc4ccc(N5CCC5)nn34)CC2)ns1. The number of likely N-dealkylation sites (tertiary alicyclic amines) is 1. The van der Waals surface area contributed by atoms with Crippen LogP contribution in [0, 0.1) is 0 Å². The predicted molar refractivity (Wildman–Crippen MR) is 109 cm³/mol. The standard InChI is InChI=1S/C18H25N9S/c1-24(2)18-19-14(23-28-18)12-25-10-6-13(7-11-25)17-21-20-15-4-5-16(22-27(15)17)26-8-3-9-26/h4-5,13H,3,6-12H2,1-2H3. The van der Waals surface area contributed by atoms with E-state index in [1.54, 1.807) is 0 Å². The number of anilines is 2. The zero-order valence-corrected chi connectivity index (χ0v) is 17.1. The smallest absolute Gasteiger partial charge is 0.204 e. The van der Waals surface area contributed by atoms with Gasteiger partial charge in [0.25, 0.3) is 0 Å². The second kappa shape index (κ2) is 7.25. The van der Waals surface area contributed by atoms with Crippen molar-refractivity contribution in [2.75, 3.05) is 50.1 Å². The van der Waals surface area contributed by atoms with E-state index in [1.165, 1.54) is 18.0 Å². The molecule has 0 aromatic carbocycles. The molecule has 10 heteroatoms. The fraction of sp³-hybridized carbons (Fsp3) is 0.611. The van der Waals surface area contributed by atoms with E-state index in [4.69, 9.17) is 5.10 Å². The third-order valence-corrected chi connectivity index (χ3v) is 6.53. The molecule has 2 saturated heterocycles. The first kappa shape index (κ1) is 17.7. The van der Waals surface area contributed by atoms with Crippen molar-refractivity contribution in [3.8, 4) is 0 Å². The van der Waals surface area contributed by atoms with Crippen LogP contribution in [0.1, 0.15) is 36.8 Å². The summed E-state index contributed by atoms with van der Waals surface area (Å²) in [5, 5.41) is 14.6. The fourth-order valence-corrected chi connectivity index (χ4v) is 4.40. The Morgan fingerprint density at radius 3 is 2.61 bits per heavy atom. The van der Waals surface area contributed by atoms with Crippen LogP contribution in [0.2, 0.25) is 0 Å². The molecule has 5 rings (SSSR count). The van der Waals surface area contributed by atoms with Crippen LogP contribution in [0.15, 0.2) is 12.1 Å². The highest BCUT2D eigenvalue weighted by molar-refractivity contribution is 7.09. The summed E-state index contributed by atoms with van der Waals surface area (Å²) in [7, 11) is 4.00. The van der Waals surface area contributed by atoms with Gasteiger partial charge in [-0.2, -0.15) is 8.89 Å². The minimum atomic E-state index is 0.395. The monoisotopic (exact) mass is 399 g/mol. The molecule has 2 aliphatic rings. The van der Waals surface area contributed by atoms with Gasteiger partial charge in [0.1, 0.15) is 5.82 Å². The van der Waals surface area contributed by atoms with Gasteiger partial charge < -0.3 is 9.80 Å². The van der Waals surface area contributed by atoms with Crippen molar-refractivity contribution in [2.45, 2.75) is 31.7 Å². The van der Waals surface area contributed by atoms with Gasteiger partial charge in [0.15, 0.2) is 17.3 Å². The van der Waals surface area contributed by atoms with Crippen LogP contribution >= 0.6 is 11.5 Å². The van der Waals surface area contributed by atoms with Crippen molar-refractivity contribution < 1.29 is 0 Å². The summed E-state index contributed by atoms with van der Waals surface area (Å²) in [4.78, 5) is 11.3. The minimum absolute atomic E-state index is 0.395. The summed E-state index contributed by atoms with van der Waals surface area (Å²) >= 11 is 1.46. The molecule has 2 fully saturated rings. The zero-order valence-electron chi connectivity index (χ0n) is 16.3. The van der Waals surface area contributed by atoms with E-state index in [0.717, 1.165) is 73.8 Å². The summed E-state index contributed by atoms with van der Waals surface area (Å²) in [6, 6.07) is 4.08. The van der Waals surface area contributed by atoms with Gasteiger partial charge in [-0.25, -0.2) is 4.98 Å². The van der Waals surface area contributed by atoms with Crippen LogP contribution in [0.5, 0.6) is 0 Å². The lowest BCUT2D eigenvalue weighted by Gasteiger charge is -2.32. The Morgan fingerprint density at radius 2 is 1.93 bits per heavy atom. The predicted octanol–water partition coefficient (Wildman–Crippen LogP) is 1.63. The second-order valence-corrected chi connectivity index (χ2v) is 8.53. The molecule has 2 aliphatic heterocycles. The Kier molecular flexibility index (Phi) is 4.59. The lowest BCUT2D eigenvalue weighted by atomic mass is 9.96. The van der Waals surface area contributed by atoms with E-state index in [1.807, 2.05) is 29.6 Å². The quantitative estimate of drug-likeness (QED) is 0.641. The van der Waals surface area contributed by atoms with Crippen molar-refractivity contribution in [2.24, 2.45) is 0 Å². The molecule has 0 aliphatic carbocycles. The van der Waals surface area contributed by atoms with Crippen LogP contribution in [0.25, 0.3) is 5.65 Å². The summed E-state index contributed by atoms with van der Waals surface area (Å²) in [5.41, 5.74) is 0.838. The van der Waals surface area contributed by atoms with Gasteiger partial charge >= 0.3 is 0 Å². The highest BCUT2D eigenvalue weighted by Crippen LogP contribution is 2.28. The van der Waals surface area contributed by atoms with Gasteiger partial charge in [-0.15, -0.1) is 15.3 Å². The highest BCUT2D eigenvalue weighted by atomic mass is 32.1. The molecule has 0 radical (unpaired) electrons. The molecule has 0 atom stereocenters. The topological polar surface area (TPSA) is 78.6 Å². The first-order chi connectivity index (χ1) is 13.7. The number of fused-ring (bicyclic) bond motifs is 1. The number of aromatic nitrogens is 6. The van der Waals surface area contributed by atoms with E-state index < -0.39 is 0 Å². The largest absolute Gasteiger partial charge is 0.355 e. The number of hydrogen-bond acceptors (Lipinski definition) is 9. The Balaban J connectivity index is 1.26. The number of piperidine rings is 1. The van der Waals surface area contributed by atoms with Crippen LogP contribution in [-0.4, -0.2) is 74.3 Å². The number of nitrogens with zero attached hydrogens (tertiary/aromatic N) is 9. The van der Waals surface area contributed by atoms with Crippen LogP contribution in [0.3, 0.4) is 0 Å². The fourth-order valence-electron chi connectivity index (χ4n) is 3.80. The van der Waals surface area contributed by atoms with E-state index in [9.17, 15) is 0 Å². The molecule has 148 valence electrons.